The zero-order chi connectivity index (χ0) is 20.6. The Kier molecular flexibility index (Phi) is 5.55. The van der Waals surface area contributed by atoms with E-state index in [1.54, 1.807) is 17.0 Å². The summed E-state index contributed by atoms with van der Waals surface area (Å²) in [6, 6.07) is 7.40. The van der Waals surface area contributed by atoms with Crippen molar-refractivity contribution in [3.8, 4) is 11.3 Å². The summed E-state index contributed by atoms with van der Waals surface area (Å²) < 4.78 is 41.1. The molecule has 2 aromatic rings. The van der Waals surface area contributed by atoms with Gasteiger partial charge in [0, 0.05) is 24.2 Å². The highest BCUT2D eigenvalue weighted by molar-refractivity contribution is 7.99. The number of carbonyl (C=O) groups excluding carboxylic acids is 1. The summed E-state index contributed by atoms with van der Waals surface area (Å²) in [7, 11) is 0. The largest absolute Gasteiger partial charge is 0.433 e. The van der Waals surface area contributed by atoms with E-state index < -0.39 is 11.9 Å². The maximum absolute atomic E-state index is 13.7. The van der Waals surface area contributed by atoms with Crippen LogP contribution in [0.2, 0.25) is 0 Å². The maximum Gasteiger partial charge on any atom is 0.433 e. The van der Waals surface area contributed by atoms with Crippen LogP contribution in [0.5, 0.6) is 0 Å². The minimum absolute atomic E-state index is 0.00602. The molecule has 4 rings (SSSR count). The Morgan fingerprint density at radius 3 is 2.62 bits per heavy atom. The molecule has 0 N–H and O–H groups in total. The van der Waals surface area contributed by atoms with Gasteiger partial charge in [-0.3, -0.25) is 4.79 Å². The van der Waals surface area contributed by atoms with Gasteiger partial charge in [0.1, 0.15) is 0 Å². The van der Waals surface area contributed by atoms with Gasteiger partial charge in [0.2, 0.25) is 5.91 Å². The van der Waals surface area contributed by atoms with Crippen molar-refractivity contribution in [2.24, 2.45) is 5.92 Å². The second kappa shape index (κ2) is 7.97. The Hall–Kier alpha value is -2.09. The summed E-state index contributed by atoms with van der Waals surface area (Å²) in [5.74, 6) is 0.578. The second-order valence-corrected chi connectivity index (χ2v) is 8.63. The number of rotatable bonds is 3. The van der Waals surface area contributed by atoms with Crippen LogP contribution < -0.4 is 0 Å². The Balaban J connectivity index is 1.61. The molecule has 4 nitrogen and oxygen atoms in total. The first kappa shape index (κ1) is 20.2. The molecular weight excluding hydrogens is 399 g/mol. The van der Waals surface area contributed by atoms with Crippen molar-refractivity contribution >= 4 is 17.7 Å². The van der Waals surface area contributed by atoms with Crippen molar-refractivity contribution in [3.05, 3.63) is 41.1 Å². The molecule has 1 aromatic carbocycles. The SMILES string of the molecule is CC1CCN(C(=O)CSc2nc3c(c(C(F)(F)F)n2)CCc2ccccc2-3)CC1. The second-order valence-electron chi connectivity index (χ2n) is 7.69. The molecular formula is C21H22F3N3OS. The first-order chi connectivity index (χ1) is 13.8. The number of likely N-dealkylation sites (tertiary alicyclic amines) is 1. The van der Waals surface area contributed by atoms with E-state index in [2.05, 4.69) is 16.9 Å². The van der Waals surface area contributed by atoms with Crippen LogP contribution >= 0.6 is 11.8 Å². The Bertz CT molecular complexity index is 924. The predicted octanol–water partition coefficient (Wildman–Crippen LogP) is 4.61. The zero-order valence-electron chi connectivity index (χ0n) is 16.1. The molecule has 1 amide bonds. The van der Waals surface area contributed by atoms with E-state index in [1.165, 1.54) is 0 Å². The van der Waals surface area contributed by atoms with Gasteiger partial charge in [-0.2, -0.15) is 13.2 Å². The highest BCUT2D eigenvalue weighted by Gasteiger charge is 2.39. The van der Waals surface area contributed by atoms with Crippen molar-refractivity contribution in [2.75, 3.05) is 18.8 Å². The third-order valence-electron chi connectivity index (χ3n) is 5.63. The van der Waals surface area contributed by atoms with E-state index in [0.29, 0.717) is 31.1 Å². The van der Waals surface area contributed by atoms with Gasteiger partial charge in [-0.05, 0) is 37.2 Å². The molecule has 2 aliphatic rings. The number of aryl methyl sites for hydroxylation is 1. The number of hydrogen-bond acceptors (Lipinski definition) is 4. The predicted molar refractivity (Wildman–Crippen MR) is 106 cm³/mol. The molecule has 0 unspecified atom stereocenters. The summed E-state index contributed by atoms with van der Waals surface area (Å²) in [5.41, 5.74) is 1.33. The molecule has 1 aliphatic heterocycles. The minimum Gasteiger partial charge on any atom is -0.342 e. The normalized spacial score (nSPS) is 17.0. The fourth-order valence-electron chi connectivity index (χ4n) is 3.93. The third kappa shape index (κ3) is 4.27. The lowest BCUT2D eigenvalue weighted by atomic mass is 9.88. The van der Waals surface area contributed by atoms with Gasteiger partial charge >= 0.3 is 6.18 Å². The summed E-state index contributed by atoms with van der Waals surface area (Å²) >= 11 is 0.987. The van der Waals surface area contributed by atoms with Crippen LogP contribution in [0.4, 0.5) is 13.2 Å². The molecule has 1 fully saturated rings. The van der Waals surface area contributed by atoms with Crippen LogP contribution in [0.25, 0.3) is 11.3 Å². The van der Waals surface area contributed by atoms with E-state index in [9.17, 15) is 18.0 Å². The Morgan fingerprint density at radius 2 is 1.90 bits per heavy atom. The number of carbonyl (C=O) groups is 1. The lowest BCUT2D eigenvalue weighted by Gasteiger charge is -2.30. The lowest BCUT2D eigenvalue weighted by molar-refractivity contribution is -0.142. The number of benzene rings is 1. The molecule has 2 heterocycles. The van der Waals surface area contributed by atoms with Gasteiger partial charge in [0.05, 0.1) is 11.4 Å². The van der Waals surface area contributed by atoms with Crippen LogP contribution in [-0.4, -0.2) is 39.6 Å². The fourth-order valence-corrected chi connectivity index (χ4v) is 4.67. The number of halogens is 3. The molecule has 154 valence electrons. The first-order valence-corrected chi connectivity index (χ1v) is 10.8. The summed E-state index contributed by atoms with van der Waals surface area (Å²) in [6.45, 7) is 3.56. The third-order valence-corrected chi connectivity index (χ3v) is 6.47. The quantitative estimate of drug-likeness (QED) is 0.536. The lowest BCUT2D eigenvalue weighted by Crippen LogP contribution is -2.38. The van der Waals surface area contributed by atoms with Crippen molar-refractivity contribution in [1.82, 2.24) is 14.9 Å². The molecule has 1 saturated heterocycles. The first-order valence-electron chi connectivity index (χ1n) is 9.80. The molecule has 0 bridgehead atoms. The zero-order valence-corrected chi connectivity index (χ0v) is 16.9. The van der Waals surface area contributed by atoms with Crippen LogP contribution in [0.3, 0.4) is 0 Å². The topological polar surface area (TPSA) is 46.1 Å². The van der Waals surface area contributed by atoms with Crippen LogP contribution in [0.15, 0.2) is 29.4 Å². The molecule has 8 heteroatoms. The van der Waals surface area contributed by atoms with Crippen LogP contribution in [-0.2, 0) is 23.8 Å². The summed E-state index contributed by atoms with van der Waals surface area (Å²) in [4.78, 5) is 22.5. The van der Waals surface area contributed by atoms with Gasteiger partial charge in [-0.15, -0.1) is 0 Å². The Morgan fingerprint density at radius 1 is 1.17 bits per heavy atom. The van der Waals surface area contributed by atoms with Gasteiger partial charge < -0.3 is 4.90 Å². The molecule has 0 spiro atoms. The number of aromatic nitrogens is 2. The number of piperidine rings is 1. The van der Waals surface area contributed by atoms with E-state index in [1.807, 2.05) is 12.1 Å². The van der Waals surface area contributed by atoms with E-state index in [4.69, 9.17) is 0 Å². The average Bonchev–Trinajstić information content (AvgIpc) is 2.71. The molecule has 1 aromatic heterocycles. The van der Waals surface area contributed by atoms with Crippen molar-refractivity contribution in [2.45, 2.75) is 43.9 Å². The van der Waals surface area contributed by atoms with Crippen LogP contribution in [0.1, 0.15) is 36.6 Å². The minimum atomic E-state index is -4.55. The van der Waals surface area contributed by atoms with Crippen molar-refractivity contribution < 1.29 is 18.0 Å². The standard InChI is InChI=1S/C21H22F3N3OS/c1-13-8-10-27(11-9-13)17(28)12-29-20-25-18-15-5-3-2-4-14(15)6-7-16(18)19(26-20)21(22,23)24/h2-5,13H,6-12H2,1H3. The average molecular weight is 421 g/mol. The molecule has 0 atom stereocenters. The molecule has 1 aliphatic carbocycles. The number of thioether (sulfide) groups is 1. The number of hydrogen-bond donors (Lipinski definition) is 0. The molecule has 0 saturated carbocycles. The van der Waals surface area contributed by atoms with E-state index in [0.717, 1.165) is 35.7 Å². The maximum atomic E-state index is 13.7. The van der Waals surface area contributed by atoms with Crippen molar-refractivity contribution in [1.29, 1.82) is 0 Å². The molecule has 29 heavy (non-hydrogen) atoms. The monoisotopic (exact) mass is 421 g/mol. The Labute approximate surface area is 171 Å². The number of fused-ring (bicyclic) bond motifs is 3. The highest BCUT2D eigenvalue weighted by Crippen LogP contribution is 2.40. The number of nitrogens with zero attached hydrogens (tertiary/aromatic N) is 3. The van der Waals surface area contributed by atoms with Gasteiger partial charge in [0.15, 0.2) is 10.9 Å². The van der Waals surface area contributed by atoms with E-state index in [-0.39, 0.29) is 28.8 Å². The van der Waals surface area contributed by atoms with Crippen molar-refractivity contribution in [3.63, 3.8) is 0 Å². The molecule has 0 radical (unpaired) electrons. The van der Waals surface area contributed by atoms with Gasteiger partial charge in [-0.1, -0.05) is 43.0 Å². The number of alkyl halides is 3. The number of amides is 1. The summed E-state index contributed by atoms with van der Waals surface area (Å²) in [5, 5.41) is 0.00602. The highest BCUT2D eigenvalue weighted by atomic mass is 32.2. The smallest absolute Gasteiger partial charge is 0.342 e. The van der Waals surface area contributed by atoms with Crippen LogP contribution in [0, 0.1) is 5.92 Å². The fraction of sp³-hybridized carbons (Fsp3) is 0.476. The van der Waals surface area contributed by atoms with Gasteiger partial charge in [-0.25, -0.2) is 9.97 Å². The summed E-state index contributed by atoms with van der Waals surface area (Å²) in [6.07, 6.45) is -1.84. The van der Waals surface area contributed by atoms with E-state index >= 15 is 0 Å². The van der Waals surface area contributed by atoms with Gasteiger partial charge in [0.25, 0.3) is 0 Å².